The summed E-state index contributed by atoms with van der Waals surface area (Å²) in [7, 11) is 0. The zero-order valence-electron chi connectivity index (χ0n) is 19.2. The zero-order valence-corrected chi connectivity index (χ0v) is 19.2. The molecule has 6 N–H and O–H groups in total. The Morgan fingerprint density at radius 1 is 0.667 bits per heavy atom. The lowest BCUT2D eigenvalue weighted by atomic mass is 9.86. The quantitative estimate of drug-likeness (QED) is 0.530. The second-order valence-electron chi connectivity index (χ2n) is 9.16. The van der Waals surface area contributed by atoms with Gasteiger partial charge in [-0.25, -0.2) is 0 Å². The fraction of sp³-hybridized carbons (Fsp3) is 0.500. The standard InChI is InChI=1S/2C12H19NO2/c2*1-12(2,3)10-5-4-9(13)8-11(10)15-7-6-14/h2*4-5,8,14H,6-7,13H2,1-3H3. The molecule has 0 saturated heterocycles. The highest BCUT2D eigenvalue weighted by atomic mass is 16.5. The lowest BCUT2D eigenvalue weighted by molar-refractivity contribution is 0.199. The van der Waals surface area contributed by atoms with E-state index in [1.807, 2.05) is 24.3 Å². The minimum absolute atomic E-state index is 0.0123. The van der Waals surface area contributed by atoms with E-state index in [9.17, 15) is 0 Å². The number of hydrogen-bond donors (Lipinski definition) is 4. The molecule has 6 nitrogen and oxygen atoms in total. The van der Waals surface area contributed by atoms with Crippen LogP contribution >= 0.6 is 0 Å². The fourth-order valence-corrected chi connectivity index (χ4v) is 2.87. The van der Waals surface area contributed by atoms with Crippen molar-refractivity contribution in [3.05, 3.63) is 47.5 Å². The molecule has 0 amide bonds. The highest BCUT2D eigenvalue weighted by molar-refractivity contribution is 5.51. The van der Waals surface area contributed by atoms with Crippen molar-refractivity contribution in [1.82, 2.24) is 0 Å². The highest BCUT2D eigenvalue weighted by Crippen LogP contribution is 2.33. The SMILES string of the molecule is CC(C)(C)c1ccc(N)cc1OCCO.CC(C)(C)c1ccc(N)cc1OCCO. The molecule has 0 heterocycles. The number of aliphatic hydroxyl groups is 2. The molecule has 0 radical (unpaired) electrons. The van der Waals surface area contributed by atoms with Crippen LogP contribution in [0.3, 0.4) is 0 Å². The van der Waals surface area contributed by atoms with Crippen molar-refractivity contribution in [3.63, 3.8) is 0 Å². The van der Waals surface area contributed by atoms with Crippen LogP contribution < -0.4 is 20.9 Å². The second-order valence-corrected chi connectivity index (χ2v) is 9.16. The van der Waals surface area contributed by atoms with E-state index in [1.54, 1.807) is 12.1 Å². The van der Waals surface area contributed by atoms with E-state index >= 15 is 0 Å². The lowest BCUT2D eigenvalue weighted by Gasteiger charge is -2.23. The van der Waals surface area contributed by atoms with Gasteiger partial charge in [0.05, 0.1) is 13.2 Å². The van der Waals surface area contributed by atoms with Crippen LogP contribution in [-0.4, -0.2) is 36.6 Å². The average molecular weight is 419 g/mol. The third kappa shape index (κ3) is 8.13. The molecule has 0 saturated carbocycles. The summed E-state index contributed by atoms with van der Waals surface area (Å²) in [6.45, 7) is 13.3. The molecule has 2 aromatic carbocycles. The summed E-state index contributed by atoms with van der Waals surface area (Å²) in [6.07, 6.45) is 0. The van der Waals surface area contributed by atoms with E-state index < -0.39 is 0 Å². The summed E-state index contributed by atoms with van der Waals surface area (Å²) in [5.74, 6) is 1.52. The summed E-state index contributed by atoms with van der Waals surface area (Å²) in [5, 5.41) is 17.5. The molecule has 0 spiro atoms. The number of nitrogens with two attached hydrogens (primary N) is 2. The van der Waals surface area contributed by atoms with Crippen LogP contribution in [0.5, 0.6) is 11.5 Å². The highest BCUT2D eigenvalue weighted by Gasteiger charge is 2.19. The Balaban J connectivity index is 0.000000300. The lowest BCUT2D eigenvalue weighted by Crippen LogP contribution is -2.14. The van der Waals surface area contributed by atoms with Crippen molar-refractivity contribution in [2.24, 2.45) is 0 Å². The molecule has 0 aliphatic heterocycles. The molecule has 0 bridgehead atoms. The van der Waals surface area contributed by atoms with E-state index in [-0.39, 0.29) is 24.0 Å². The monoisotopic (exact) mass is 418 g/mol. The first kappa shape index (κ1) is 25.6. The first-order valence-corrected chi connectivity index (χ1v) is 10.2. The van der Waals surface area contributed by atoms with Gasteiger partial charge in [-0.2, -0.15) is 0 Å². The van der Waals surface area contributed by atoms with Gasteiger partial charge in [0.15, 0.2) is 0 Å². The Bertz CT molecular complexity index is 725. The Morgan fingerprint density at radius 3 is 1.27 bits per heavy atom. The van der Waals surface area contributed by atoms with Crippen LogP contribution in [0.2, 0.25) is 0 Å². The molecule has 0 fully saturated rings. The molecule has 0 atom stereocenters. The molecule has 2 aromatic rings. The average Bonchev–Trinajstić information content (AvgIpc) is 2.63. The van der Waals surface area contributed by atoms with Gasteiger partial charge >= 0.3 is 0 Å². The van der Waals surface area contributed by atoms with Crippen LogP contribution in [0.4, 0.5) is 11.4 Å². The van der Waals surface area contributed by atoms with Crippen molar-refractivity contribution in [3.8, 4) is 11.5 Å². The van der Waals surface area contributed by atoms with Crippen LogP contribution in [0, 0.1) is 0 Å². The summed E-state index contributed by atoms with van der Waals surface area (Å²) in [4.78, 5) is 0. The van der Waals surface area contributed by atoms with Crippen LogP contribution in [0.15, 0.2) is 36.4 Å². The van der Waals surface area contributed by atoms with Gasteiger partial charge in [0.2, 0.25) is 0 Å². The number of anilines is 2. The molecule has 0 aliphatic carbocycles. The van der Waals surface area contributed by atoms with Gasteiger partial charge in [-0.1, -0.05) is 53.7 Å². The molecule has 0 unspecified atom stereocenters. The summed E-state index contributed by atoms with van der Waals surface area (Å²) in [6, 6.07) is 11.3. The van der Waals surface area contributed by atoms with E-state index in [1.165, 1.54) is 0 Å². The number of ether oxygens (including phenoxy) is 2. The molecule has 0 aromatic heterocycles. The molecule has 6 heteroatoms. The normalized spacial score (nSPS) is 11.5. The van der Waals surface area contributed by atoms with Gasteiger partial charge < -0.3 is 31.2 Å². The van der Waals surface area contributed by atoms with E-state index in [0.29, 0.717) is 24.6 Å². The van der Waals surface area contributed by atoms with Gasteiger partial charge in [-0.3, -0.25) is 0 Å². The van der Waals surface area contributed by atoms with E-state index in [4.69, 9.17) is 31.2 Å². The Labute approximate surface area is 180 Å². The molecule has 168 valence electrons. The van der Waals surface area contributed by atoms with Crippen LogP contribution in [0.1, 0.15) is 52.7 Å². The second kappa shape index (κ2) is 11.1. The van der Waals surface area contributed by atoms with Crippen LogP contribution in [-0.2, 0) is 10.8 Å². The molecule has 2 rings (SSSR count). The van der Waals surface area contributed by atoms with Crippen molar-refractivity contribution in [2.75, 3.05) is 37.9 Å². The van der Waals surface area contributed by atoms with Gasteiger partial charge in [0.25, 0.3) is 0 Å². The van der Waals surface area contributed by atoms with Crippen LogP contribution in [0.25, 0.3) is 0 Å². The van der Waals surface area contributed by atoms with Gasteiger partial charge in [0, 0.05) is 23.5 Å². The molecular weight excluding hydrogens is 380 g/mol. The Morgan fingerprint density at radius 2 is 1.00 bits per heavy atom. The number of nitrogen functional groups attached to an aromatic ring is 2. The van der Waals surface area contributed by atoms with Crippen molar-refractivity contribution in [1.29, 1.82) is 0 Å². The fourth-order valence-electron chi connectivity index (χ4n) is 2.87. The smallest absolute Gasteiger partial charge is 0.125 e. The Hall–Kier alpha value is -2.44. The van der Waals surface area contributed by atoms with E-state index in [0.717, 1.165) is 22.6 Å². The van der Waals surface area contributed by atoms with Gasteiger partial charge in [-0.15, -0.1) is 0 Å². The first-order chi connectivity index (χ1) is 13.9. The molecule has 30 heavy (non-hydrogen) atoms. The van der Waals surface area contributed by atoms with Crippen molar-refractivity contribution in [2.45, 2.75) is 52.4 Å². The summed E-state index contributed by atoms with van der Waals surface area (Å²) < 4.78 is 10.9. The Kier molecular flexibility index (Phi) is 9.46. The summed E-state index contributed by atoms with van der Waals surface area (Å²) >= 11 is 0. The van der Waals surface area contributed by atoms with E-state index in [2.05, 4.69) is 41.5 Å². The first-order valence-electron chi connectivity index (χ1n) is 10.2. The molecule has 0 aliphatic rings. The van der Waals surface area contributed by atoms with Crippen molar-refractivity contribution >= 4 is 11.4 Å². The maximum absolute atomic E-state index is 8.73. The number of hydrogen-bond acceptors (Lipinski definition) is 6. The third-order valence-electron chi connectivity index (χ3n) is 4.33. The number of aliphatic hydroxyl groups excluding tert-OH is 2. The minimum atomic E-state index is 0.0123. The number of rotatable bonds is 6. The number of benzene rings is 2. The summed E-state index contributed by atoms with van der Waals surface area (Å²) in [5.41, 5.74) is 15.0. The molecular formula is C24H38N2O4. The maximum atomic E-state index is 8.73. The third-order valence-corrected chi connectivity index (χ3v) is 4.33. The van der Waals surface area contributed by atoms with Gasteiger partial charge in [-0.05, 0) is 34.1 Å². The minimum Gasteiger partial charge on any atom is -0.491 e. The zero-order chi connectivity index (χ0) is 22.9. The largest absolute Gasteiger partial charge is 0.491 e. The van der Waals surface area contributed by atoms with Crippen molar-refractivity contribution < 1.29 is 19.7 Å². The predicted octanol–water partition coefficient (Wildman–Crippen LogP) is 3.87. The maximum Gasteiger partial charge on any atom is 0.125 e. The topological polar surface area (TPSA) is 111 Å². The predicted molar refractivity (Wildman–Crippen MR) is 124 cm³/mol. The van der Waals surface area contributed by atoms with Gasteiger partial charge in [0.1, 0.15) is 24.7 Å².